The van der Waals surface area contributed by atoms with Crippen LogP contribution in [0.25, 0.3) is 21.9 Å². The molecule has 0 atom stereocenters. The molecule has 0 saturated carbocycles. The lowest BCUT2D eigenvalue weighted by Crippen LogP contribution is -2.74. The van der Waals surface area contributed by atoms with E-state index in [-0.39, 0.29) is 17.5 Å². The number of fused-ring (bicyclic) bond motifs is 5. The molecule has 2 heterocycles. The van der Waals surface area contributed by atoms with Crippen molar-refractivity contribution >= 4 is 96.8 Å². The first-order valence-electron chi connectivity index (χ1n) is 25.3. The summed E-state index contributed by atoms with van der Waals surface area (Å²) in [4.78, 5) is 5.17. The molecule has 12 rings (SSSR count). The second-order valence-electron chi connectivity index (χ2n) is 21.8. The molecule has 2 aliphatic rings. The average Bonchev–Trinajstić information content (AvgIpc) is 3.39. The molecule has 0 aliphatic carbocycles. The zero-order chi connectivity index (χ0) is 48.6. The smallest absolute Gasteiger partial charge is 0.252 e. The zero-order valence-corrected chi connectivity index (χ0v) is 42.9. The van der Waals surface area contributed by atoms with E-state index in [4.69, 9.17) is 0 Å². The monoisotopic (exact) mass is 930 g/mol. The fourth-order valence-electron chi connectivity index (χ4n) is 11.9. The van der Waals surface area contributed by atoms with Crippen LogP contribution >= 0.6 is 0 Å². The third-order valence-corrected chi connectivity index (χ3v) is 20.1. The average molecular weight is 931 g/mol. The maximum absolute atomic E-state index is 2.92. The van der Waals surface area contributed by atoms with Crippen molar-refractivity contribution in [3.8, 4) is 11.1 Å². The molecule has 71 heavy (non-hydrogen) atoms. The minimum atomic E-state index is -2.92. The molecule has 0 unspecified atom stereocenters. The fraction of sp³-hybridized carbons (Fsp3) is 0.134. The molecular formula is C67H59BN2Si. The van der Waals surface area contributed by atoms with Crippen molar-refractivity contribution in [2.45, 2.75) is 59.3 Å². The van der Waals surface area contributed by atoms with Gasteiger partial charge in [0.1, 0.15) is 0 Å². The van der Waals surface area contributed by atoms with E-state index in [1.54, 1.807) is 0 Å². The third-order valence-electron chi connectivity index (χ3n) is 15.3. The Balaban J connectivity index is 1.18. The van der Waals surface area contributed by atoms with Crippen LogP contribution in [-0.4, -0.2) is 14.8 Å². The summed E-state index contributed by atoms with van der Waals surface area (Å²) >= 11 is 0. The second-order valence-corrected chi connectivity index (χ2v) is 25.6. The van der Waals surface area contributed by atoms with Crippen molar-refractivity contribution in [2.24, 2.45) is 0 Å². The Morgan fingerprint density at radius 3 is 1.52 bits per heavy atom. The van der Waals surface area contributed by atoms with Gasteiger partial charge in [-0.2, -0.15) is 0 Å². The highest BCUT2D eigenvalue weighted by molar-refractivity contribution is 7.20. The molecule has 0 aromatic heterocycles. The minimum absolute atomic E-state index is 0.0185. The Bertz CT molecular complexity index is 3530. The molecule has 10 aromatic carbocycles. The van der Waals surface area contributed by atoms with E-state index >= 15 is 0 Å². The Kier molecular flexibility index (Phi) is 10.7. The number of hydrogen-bond donors (Lipinski definition) is 0. The van der Waals surface area contributed by atoms with Gasteiger partial charge in [0.05, 0.1) is 5.69 Å². The van der Waals surface area contributed by atoms with Crippen LogP contribution in [0.2, 0.25) is 0 Å². The van der Waals surface area contributed by atoms with E-state index in [2.05, 4.69) is 289 Å². The molecule has 2 aliphatic heterocycles. The molecule has 10 aromatic rings. The van der Waals surface area contributed by atoms with Crippen LogP contribution < -0.4 is 46.9 Å². The lowest BCUT2D eigenvalue weighted by atomic mass is 9.33. The summed E-state index contributed by atoms with van der Waals surface area (Å²) < 4.78 is 0. The summed E-state index contributed by atoms with van der Waals surface area (Å²) in [6.07, 6.45) is 0. The molecule has 0 fully saturated rings. The first-order chi connectivity index (χ1) is 34.4. The molecule has 0 N–H and O–H groups in total. The van der Waals surface area contributed by atoms with Gasteiger partial charge in [-0.15, -0.1) is 0 Å². The lowest BCUT2D eigenvalue weighted by Gasteiger charge is -2.45. The van der Waals surface area contributed by atoms with E-state index in [1.807, 2.05) is 0 Å². The number of rotatable bonds is 7. The maximum Gasteiger partial charge on any atom is 0.252 e. The summed E-state index contributed by atoms with van der Waals surface area (Å²) in [5, 5.41) is 7.88. The predicted octanol–water partition coefficient (Wildman–Crippen LogP) is 12.9. The van der Waals surface area contributed by atoms with Crippen LogP contribution in [0.5, 0.6) is 0 Å². The number of para-hydroxylation sites is 1. The molecule has 0 saturated heterocycles. The number of aryl methyl sites for hydroxylation is 1. The van der Waals surface area contributed by atoms with Crippen molar-refractivity contribution in [3.63, 3.8) is 0 Å². The molecule has 4 heteroatoms. The summed E-state index contributed by atoms with van der Waals surface area (Å²) in [5.41, 5.74) is 17.6. The molecule has 0 amide bonds. The second kappa shape index (κ2) is 17.0. The summed E-state index contributed by atoms with van der Waals surface area (Å²) in [5.74, 6) is 0. The highest BCUT2D eigenvalue weighted by Gasteiger charge is 2.46. The maximum atomic E-state index is 2.62. The SMILES string of the molecule is Cc1cc2c3c(c1)N(c1ccc([Si](c4ccccc4)(c4ccccc4)c4ccccc4)cc1-c1cccc4ccccc14)c1ccccc1B3c1cc(C(C)(C)C)ccc1N2c1ccc(C(C)(C)C)cc1. The van der Waals surface area contributed by atoms with Gasteiger partial charge in [-0.25, -0.2) is 0 Å². The van der Waals surface area contributed by atoms with E-state index in [1.165, 1.54) is 104 Å². The quantitative estimate of drug-likeness (QED) is 0.116. The van der Waals surface area contributed by atoms with Gasteiger partial charge in [-0.05, 0) is 130 Å². The topological polar surface area (TPSA) is 6.48 Å². The van der Waals surface area contributed by atoms with Crippen molar-refractivity contribution in [1.82, 2.24) is 0 Å². The Morgan fingerprint density at radius 1 is 0.366 bits per heavy atom. The summed E-state index contributed by atoms with van der Waals surface area (Å²) in [6, 6.07) is 88.0. The van der Waals surface area contributed by atoms with E-state index in [0.29, 0.717) is 0 Å². The molecule has 0 radical (unpaired) electrons. The van der Waals surface area contributed by atoms with Crippen molar-refractivity contribution in [2.75, 3.05) is 9.80 Å². The summed E-state index contributed by atoms with van der Waals surface area (Å²) in [6.45, 7) is 16.2. The summed E-state index contributed by atoms with van der Waals surface area (Å²) in [7, 11) is -2.92. The molecule has 2 nitrogen and oxygen atoms in total. The molecular weight excluding hydrogens is 872 g/mol. The van der Waals surface area contributed by atoms with Gasteiger partial charge < -0.3 is 9.80 Å². The fourth-order valence-corrected chi connectivity index (χ4v) is 16.7. The van der Waals surface area contributed by atoms with E-state index in [0.717, 1.165) is 5.69 Å². The van der Waals surface area contributed by atoms with Crippen LogP contribution in [0.15, 0.2) is 231 Å². The Morgan fingerprint density at radius 2 is 0.887 bits per heavy atom. The van der Waals surface area contributed by atoms with E-state index in [9.17, 15) is 0 Å². The molecule has 0 bridgehead atoms. The first kappa shape index (κ1) is 44.5. The van der Waals surface area contributed by atoms with Crippen LogP contribution in [0, 0.1) is 6.92 Å². The number of hydrogen-bond acceptors (Lipinski definition) is 2. The third kappa shape index (κ3) is 7.30. The van der Waals surface area contributed by atoms with Gasteiger partial charge in [0.2, 0.25) is 0 Å². The van der Waals surface area contributed by atoms with Crippen LogP contribution in [0.1, 0.15) is 58.2 Å². The zero-order valence-electron chi connectivity index (χ0n) is 41.9. The Labute approximate surface area is 422 Å². The first-order valence-corrected chi connectivity index (χ1v) is 27.3. The van der Waals surface area contributed by atoms with Crippen molar-refractivity contribution < 1.29 is 0 Å². The van der Waals surface area contributed by atoms with Gasteiger partial charge in [-0.3, -0.25) is 0 Å². The Hall–Kier alpha value is -7.66. The van der Waals surface area contributed by atoms with E-state index < -0.39 is 8.07 Å². The standard InChI is InChI=1S/C67H59BN2Si/c1-46-42-63-65-64(43-46)70(61-33-20-19-32-58(61)68(65)59-44-49(67(5,6)7)36-40-62(59)69(63)50-37-34-48(35-38-50)66(2,3)4)60-41-39-54(45-57(60)56-31-21-23-47-22-17-18-30-55(47)56)71(51-24-11-8-12-25-51,52-26-13-9-14-27-52)53-28-15-10-16-29-53/h8-45H,1-7H3. The normalized spacial score (nSPS) is 13.2. The molecule has 0 spiro atoms. The van der Waals surface area contributed by atoms with Crippen LogP contribution in [-0.2, 0) is 10.8 Å². The highest BCUT2D eigenvalue weighted by atomic mass is 28.3. The van der Waals surface area contributed by atoms with Gasteiger partial charge in [0.25, 0.3) is 6.71 Å². The van der Waals surface area contributed by atoms with Gasteiger partial charge in [-0.1, -0.05) is 230 Å². The van der Waals surface area contributed by atoms with Gasteiger partial charge in [0.15, 0.2) is 8.07 Å². The molecule has 344 valence electrons. The van der Waals surface area contributed by atoms with Crippen molar-refractivity contribution in [1.29, 1.82) is 0 Å². The predicted molar refractivity (Wildman–Crippen MR) is 309 cm³/mol. The largest absolute Gasteiger partial charge is 0.311 e. The number of benzene rings is 10. The highest BCUT2D eigenvalue weighted by Crippen LogP contribution is 2.48. The van der Waals surface area contributed by atoms with Gasteiger partial charge in [0, 0.05) is 34.0 Å². The lowest BCUT2D eigenvalue weighted by molar-refractivity contribution is 0.590. The number of nitrogens with zero attached hydrogens (tertiary/aromatic N) is 2. The van der Waals surface area contributed by atoms with Gasteiger partial charge >= 0.3 is 0 Å². The van der Waals surface area contributed by atoms with Crippen molar-refractivity contribution in [3.05, 3.63) is 247 Å². The number of anilines is 6. The van der Waals surface area contributed by atoms with Crippen LogP contribution in [0.3, 0.4) is 0 Å². The minimum Gasteiger partial charge on any atom is -0.311 e. The van der Waals surface area contributed by atoms with Crippen LogP contribution in [0.4, 0.5) is 34.1 Å².